The fourth-order valence-corrected chi connectivity index (χ4v) is 2.95. The molecule has 0 aromatic heterocycles. The average molecular weight is 351 g/mol. The van der Waals surface area contributed by atoms with Gasteiger partial charge in [0.1, 0.15) is 5.75 Å². The number of amides is 1. The molecular weight excluding hydrogens is 335 g/mol. The summed E-state index contributed by atoms with van der Waals surface area (Å²) in [5, 5.41) is 2.32. The molecule has 1 N–H and O–H groups in total. The number of ether oxygens (including phenoxy) is 2. The van der Waals surface area contributed by atoms with Crippen molar-refractivity contribution in [2.24, 2.45) is 0 Å². The summed E-state index contributed by atoms with van der Waals surface area (Å²) in [4.78, 5) is 11.8. The van der Waals surface area contributed by atoms with E-state index in [0.717, 1.165) is 5.56 Å². The van der Waals surface area contributed by atoms with E-state index in [2.05, 4.69) is 5.32 Å². The second-order valence-electron chi connectivity index (χ2n) is 5.74. The lowest BCUT2D eigenvalue weighted by atomic mass is 9.84. The van der Waals surface area contributed by atoms with E-state index in [-0.39, 0.29) is 23.4 Å². The summed E-state index contributed by atoms with van der Waals surface area (Å²) in [6.45, 7) is 0. The molecule has 2 aromatic carbocycles. The van der Waals surface area contributed by atoms with E-state index in [1.165, 1.54) is 25.3 Å². The van der Waals surface area contributed by atoms with Gasteiger partial charge in [0.25, 0.3) is 0 Å². The van der Waals surface area contributed by atoms with E-state index >= 15 is 0 Å². The molecule has 1 unspecified atom stereocenters. The van der Waals surface area contributed by atoms with Gasteiger partial charge in [-0.1, -0.05) is 30.3 Å². The molecule has 1 amide bonds. The van der Waals surface area contributed by atoms with Crippen LogP contribution in [0.4, 0.5) is 23.7 Å². The summed E-state index contributed by atoms with van der Waals surface area (Å²) in [5.74, 6) is 0.256. The van der Waals surface area contributed by atoms with Crippen molar-refractivity contribution in [3.05, 3.63) is 59.7 Å². The van der Waals surface area contributed by atoms with Crippen molar-refractivity contribution in [1.29, 1.82) is 0 Å². The van der Waals surface area contributed by atoms with Gasteiger partial charge in [0, 0.05) is 12.0 Å². The zero-order chi connectivity index (χ0) is 18.1. The van der Waals surface area contributed by atoms with Gasteiger partial charge in [-0.25, -0.2) is 4.79 Å². The van der Waals surface area contributed by atoms with Crippen LogP contribution in [0.2, 0.25) is 0 Å². The highest BCUT2D eigenvalue weighted by Gasteiger charge is 2.61. The van der Waals surface area contributed by atoms with Gasteiger partial charge in [-0.15, -0.1) is 0 Å². The number of hydrogen-bond acceptors (Lipinski definition) is 3. The Hall–Kier alpha value is -2.70. The topological polar surface area (TPSA) is 47.6 Å². The molecule has 0 aliphatic carbocycles. The van der Waals surface area contributed by atoms with Crippen LogP contribution in [0.3, 0.4) is 0 Å². The molecule has 2 aromatic rings. The second-order valence-corrected chi connectivity index (χ2v) is 5.74. The minimum absolute atomic E-state index is 0.0717. The normalized spacial score (nSPS) is 19.6. The molecule has 0 saturated carbocycles. The van der Waals surface area contributed by atoms with Crippen LogP contribution in [0.15, 0.2) is 48.5 Å². The average Bonchev–Trinajstić information content (AvgIpc) is 2.59. The summed E-state index contributed by atoms with van der Waals surface area (Å²) in [7, 11) is 1.36. The predicted molar refractivity (Wildman–Crippen MR) is 85.6 cm³/mol. The van der Waals surface area contributed by atoms with Crippen LogP contribution in [0, 0.1) is 0 Å². The molecule has 25 heavy (non-hydrogen) atoms. The number of anilines is 1. The van der Waals surface area contributed by atoms with E-state index in [9.17, 15) is 18.0 Å². The van der Waals surface area contributed by atoms with Crippen LogP contribution in [-0.4, -0.2) is 19.4 Å². The summed E-state index contributed by atoms with van der Waals surface area (Å²) in [6, 6.07) is 12.9. The van der Waals surface area contributed by atoms with E-state index in [0.29, 0.717) is 0 Å². The number of methoxy groups -OCH3 is 1. The molecule has 4 nitrogen and oxygen atoms in total. The van der Waals surface area contributed by atoms with E-state index in [4.69, 9.17) is 9.47 Å². The van der Waals surface area contributed by atoms with Crippen LogP contribution in [0.25, 0.3) is 0 Å². The summed E-state index contributed by atoms with van der Waals surface area (Å²) in [6.07, 6.45) is -6.22. The van der Waals surface area contributed by atoms with Gasteiger partial charge in [0.15, 0.2) is 0 Å². The molecule has 0 fully saturated rings. The van der Waals surface area contributed by atoms with Gasteiger partial charge in [-0.2, -0.15) is 13.2 Å². The van der Waals surface area contributed by atoms with Crippen molar-refractivity contribution in [3.8, 4) is 5.75 Å². The Bertz CT molecular complexity index is 777. The highest BCUT2D eigenvalue weighted by atomic mass is 19.4. The van der Waals surface area contributed by atoms with Crippen molar-refractivity contribution in [2.75, 3.05) is 12.4 Å². The number of halogens is 3. The lowest BCUT2D eigenvalue weighted by Crippen LogP contribution is -2.50. The molecule has 3 rings (SSSR count). The van der Waals surface area contributed by atoms with Crippen LogP contribution in [0.1, 0.15) is 17.5 Å². The number of nitrogens with one attached hydrogen (secondary N) is 1. The first-order chi connectivity index (χ1) is 11.9. The van der Waals surface area contributed by atoms with Gasteiger partial charge in [-0.3, -0.25) is 5.32 Å². The maximum atomic E-state index is 14.0. The second kappa shape index (κ2) is 6.31. The molecule has 0 saturated heterocycles. The first-order valence-electron chi connectivity index (χ1n) is 7.65. The lowest BCUT2D eigenvalue weighted by Gasteiger charge is -2.39. The van der Waals surface area contributed by atoms with Crippen LogP contribution in [-0.2, 0) is 16.8 Å². The maximum Gasteiger partial charge on any atom is 0.432 e. The Morgan fingerprint density at radius 2 is 1.88 bits per heavy atom. The van der Waals surface area contributed by atoms with Crippen LogP contribution >= 0.6 is 0 Å². The molecule has 1 aliphatic rings. The zero-order valence-electron chi connectivity index (χ0n) is 13.4. The summed E-state index contributed by atoms with van der Waals surface area (Å²) >= 11 is 0. The first-order valence-corrected chi connectivity index (χ1v) is 7.65. The number of aryl methyl sites for hydroxylation is 1. The lowest BCUT2D eigenvalue weighted by molar-refractivity contribution is -0.267. The molecule has 1 heterocycles. The van der Waals surface area contributed by atoms with Gasteiger partial charge in [0.2, 0.25) is 5.60 Å². The molecule has 7 heteroatoms. The van der Waals surface area contributed by atoms with Crippen LogP contribution in [0.5, 0.6) is 5.75 Å². The number of fused-ring (bicyclic) bond motifs is 1. The van der Waals surface area contributed by atoms with E-state index < -0.39 is 24.3 Å². The van der Waals surface area contributed by atoms with Crippen molar-refractivity contribution in [3.63, 3.8) is 0 Å². The number of alkyl halides is 3. The minimum Gasteiger partial charge on any atom is -0.497 e. The number of carbonyl (C=O) groups is 1. The number of benzene rings is 2. The Morgan fingerprint density at radius 3 is 2.52 bits per heavy atom. The summed E-state index contributed by atoms with van der Waals surface area (Å²) < 4.78 is 52.0. The van der Waals surface area contributed by atoms with Crippen molar-refractivity contribution < 1.29 is 27.4 Å². The molecule has 1 aliphatic heterocycles. The number of rotatable bonds is 4. The van der Waals surface area contributed by atoms with Gasteiger partial charge < -0.3 is 9.47 Å². The van der Waals surface area contributed by atoms with Gasteiger partial charge in [0.05, 0.1) is 12.8 Å². The Balaban J connectivity index is 2.07. The van der Waals surface area contributed by atoms with Crippen molar-refractivity contribution in [1.82, 2.24) is 0 Å². The molecule has 0 bridgehead atoms. The third-order valence-corrected chi connectivity index (χ3v) is 4.23. The van der Waals surface area contributed by atoms with Gasteiger partial charge >= 0.3 is 12.3 Å². The smallest absolute Gasteiger partial charge is 0.432 e. The Morgan fingerprint density at radius 1 is 1.16 bits per heavy atom. The standard InChI is InChI=1S/C18H16F3NO3/c1-24-13-7-8-15-14(11-13)17(18(19,20)21,25-16(23)22-15)10-9-12-5-3-2-4-6-12/h2-8,11H,9-10H2,1H3,(H,22,23). The fraction of sp³-hybridized carbons (Fsp3) is 0.278. The van der Waals surface area contributed by atoms with Crippen molar-refractivity contribution in [2.45, 2.75) is 24.6 Å². The number of carbonyl (C=O) groups excluding carboxylic acids is 1. The SMILES string of the molecule is COc1ccc2c(c1)C(CCc1ccccc1)(C(F)(F)F)OC(=O)N2. The van der Waals surface area contributed by atoms with E-state index in [1.807, 2.05) is 0 Å². The third-order valence-electron chi connectivity index (χ3n) is 4.23. The monoisotopic (exact) mass is 351 g/mol. The van der Waals surface area contributed by atoms with Crippen LogP contribution < -0.4 is 10.1 Å². The maximum absolute atomic E-state index is 14.0. The fourth-order valence-electron chi connectivity index (χ4n) is 2.95. The van der Waals surface area contributed by atoms with Gasteiger partial charge in [-0.05, 0) is 30.2 Å². The molecule has 1 atom stereocenters. The largest absolute Gasteiger partial charge is 0.497 e. The van der Waals surface area contributed by atoms with Crippen molar-refractivity contribution >= 4 is 11.8 Å². The first kappa shape index (κ1) is 17.1. The third kappa shape index (κ3) is 3.14. The minimum atomic E-state index is -4.78. The quantitative estimate of drug-likeness (QED) is 0.872. The predicted octanol–water partition coefficient (Wildman–Crippen LogP) is 4.65. The zero-order valence-corrected chi connectivity index (χ0v) is 13.4. The number of hydrogen-bond donors (Lipinski definition) is 1. The number of cyclic esters (lactones) is 1. The molecule has 0 radical (unpaired) electrons. The Kier molecular flexibility index (Phi) is 4.32. The summed E-state index contributed by atoms with van der Waals surface area (Å²) in [5.41, 5.74) is -2.09. The molecule has 132 valence electrons. The van der Waals surface area contributed by atoms with E-state index in [1.54, 1.807) is 30.3 Å². The highest BCUT2D eigenvalue weighted by Crippen LogP contribution is 2.51. The Labute approximate surface area is 142 Å². The molecular formula is C18H16F3NO3. The highest BCUT2D eigenvalue weighted by molar-refractivity contribution is 5.89. The molecule has 0 spiro atoms.